The minimum atomic E-state index is -3.62. The molecule has 3 saturated heterocycles. The van der Waals surface area contributed by atoms with E-state index >= 15 is 0 Å². The Hall–Kier alpha value is -6.46. The predicted octanol–water partition coefficient (Wildman–Crippen LogP) is 6.10. The van der Waals surface area contributed by atoms with Gasteiger partial charge < -0.3 is 24.0 Å². The van der Waals surface area contributed by atoms with Gasteiger partial charge in [0.05, 0.1) is 59.5 Å². The van der Waals surface area contributed by atoms with Crippen molar-refractivity contribution in [1.29, 1.82) is 0 Å². The van der Waals surface area contributed by atoms with E-state index in [1.165, 1.54) is 7.11 Å². The zero-order chi connectivity index (χ0) is 47.0. The number of piperidine rings is 2. The summed E-state index contributed by atoms with van der Waals surface area (Å²) in [5.74, 6) is 0.348. The van der Waals surface area contributed by atoms with E-state index in [1.807, 2.05) is 50.4 Å². The number of carbonyl (C=O) groups is 4. The Morgan fingerprint density at radius 2 is 1.57 bits per heavy atom. The molecule has 0 bridgehead atoms. The number of nitrogens with one attached hydrogen (secondary N) is 1. The first kappa shape index (κ1) is 45.7. The quantitative estimate of drug-likeness (QED) is 0.120. The van der Waals surface area contributed by atoms with Crippen LogP contribution in [-0.2, 0) is 26.5 Å². The molecule has 0 aliphatic carbocycles. The number of sulfone groups is 1. The van der Waals surface area contributed by atoms with Crippen LogP contribution in [0.25, 0.3) is 10.9 Å². The minimum Gasteiger partial charge on any atom is -0.493 e. The maximum Gasteiger partial charge on any atom is 0.264 e. The molecule has 352 valence electrons. The fraction of sp³-hybridized carbons (Fsp3) is 0.420. The summed E-state index contributed by atoms with van der Waals surface area (Å²) in [6.45, 7) is 8.48. The number of carbonyl (C=O) groups excluding carboxylic acids is 4. The van der Waals surface area contributed by atoms with Gasteiger partial charge in [0.2, 0.25) is 11.8 Å². The minimum absolute atomic E-state index is 0.247. The average molecular weight is 932 g/mol. The fourth-order valence-electron chi connectivity index (χ4n) is 10.1. The third-order valence-corrected chi connectivity index (χ3v) is 14.5. The molecule has 4 aromatic carbocycles. The Bertz CT molecular complexity index is 2810. The zero-order valence-electron chi connectivity index (χ0n) is 38.4. The van der Waals surface area contributed by atoms with E-state index in [-0.39, 0.29) is 17.4 Å². The van der Waals surface area contributed by atoms with Crippen LogP contribution in [0.5, 0.6) is 23.0 Å². The maximum absolute atomic E-state index is 14.3. The summed E-state index contributed by atoms with van der Waals surface area (Å²) < 4.78 is 44.7. The molecule has 2 atom stereocenters. The third-order valence-electron chi connectivity index (χ3n) is 13.6. The second kappa shape index (κ2) is 19.0. The van der Waals surface area contributed by atoms with Gasteiger partial charge in [-0.2, -0.15) is 5.10 Å². The van der Waals surface area contributed by atoms with E-state index in [4.69, 9.17) is 14.2 Å². The molecule has 0 unspecified atom stereocenters. The molecule has 5 heterocycles. The molecule has 67 heavy (non-hydrogen) atoms. The standard InChI is InChI=1S/C50H57N7O9S/c1-5-65-44-29-33(9-17-43(44)64-3)42(31-67(4,62)63)57-49(60)38-7-6-8-40(46(38)50(57)61)56-23-20-32(21-24-56)19-22-54-25-27-55(28-26-54)34-10-12-35(13-11-34)66-36-14-15-37-41(30-36)53(2)52-47(37)39-16-18-45(58)51-48(39)59/h6-15,17,29-30,32,39,42H,5,16,18-28,31H2,1-4H3,(H,51,58,59)/t39-,42-/m1/s1. The number of methoxy groups -OCH3 is 1. The van der Waals surface area contributed by atoms with E-state index in [0.29, 0.717) is 65.1 Å². The lowest BCUT2D eigenvalue weighted by Crippen LogP contribution is -2.47. The van der Waals surface area contributed by atoms with Gasteiger partial charge in [0, 0.05) is 76.1 Å². The molecule has 0 spiro atoms. The second-order valence-electron chi connectivity index (χ2n) is 18.0. The number of benzene rings is 4. The molecule has 1 N–H and O–H groups in total. The summed E-state index contributed by atoms with van der Waals surface area (Å²) in [6.07, 6.45) is 4.86. The largest absolute Gasteiger partial charge is 0.493 e. The van der Waals surface area contributed by atoms with Gasteiger partial charge >= 0.3 is 0 Å². The Kier molecular flexibility index (Phi) is 13.0. The van der Waals surface area contributed by atoms with Crippen LogP contribution in [0.4, 0.5) is 11.4 Å². The van der Waals surface area contributed by atoms with Gasteiger partial charge in [0.25, 0.3) is 11.8 Å². The van der Waals surface area contributed by atoms with E-state index in [0.717, 1.165) is 98.6 Å². The number of hydrogen-bond donors (Lipinski definition) is 1. The number of nitrogens with zero attached hydrogens (tertiary/aromatic N) is 6. The number of aromatic nitrogens is 2. The van der Waals surface area contributed by atoms with Crippen molar-refractivity contribution in [3.63, 3.8) is 0 Å². The van der Waals surface area contributed by atoms with Crippen molar-refractivity contribution in [3.8, 4) is 23.0 Å². The van der Waals surface area contributed by atoms with Gasteiger partial charge in [-0.05, 0) is 111 Å². The molecule has 0 radical (unpaired) electrons. The summed E-state index contributed by atoms with van der Waals surface area (Å²) >= 11 is 0. The highest BCUT2D eigenvalue weighted by Gasteiger charge is 2.44. The van der Waals surface area contributed by atoms with Crippen LogP contribution in [-0.4, -0.2) is 123 Å². The molecule has 16 nitrogen and oxygen atoms in total. The van der Waals surface area contributed by atoms with Crippen LogP contribution < -0.4 is 29.3 Å². The van der Waals surface area contributed by atoms with Crippen LogP contribution in [0.15, 0.2) is 78.9 Å². The normalized spacial score (nSPS) is 18.9. The van der Waals surface area contributed by atoms with Crippen molar-refractivity contribution in [2.45, 2.75) is 51.0 Å². The summed E-state index contributed by atoms with van der Waals surface area (Å²) in [4.78, 5) is 60.9. The Balaban J connectivity index is 0.765. The second-order valence-corrected chi connectivity index (χ2v) is 20.2. The molecule has 0 saturated carbocycles. The maximum atomic E-state index is 14.3. The Labute approximate surface area is 390 Å². The van der Waals surface area contributed by atoms with Gasteiger partial charge in [0.1, 0.15) is 21.3 Å². The van der Waals surface area contributed by atoms with Crippen LogP contribution in [0.2, 0.25) is 0 Å². The average Bonchev–Trinajstić information content (AvgIpc) is 3.78. The fourth-order valence-corrected chi connectivity index (χ4v) is 11.0. The number of fused-ring (bicyclic) bond motifs is 2. The van der Waals surface area contributed by atoms with Crippen LogP contribution in [0.1, 0.15) is 83.0 Å². The van der Waals surface area contributed by atoms with Crippen molar-refractivity contribution >= 4 is 55.7 Å². The molecule has 9 rings (SSSR count). The Morgan fingerprint density at radius 3 is 2.27 bits per heavy atom. The number of piperazine rings is 1. The van der Waals surface area contributed by atoms with E-state index < -0.39 is 39.4 Å². The van der Waals surface area contributed by atoms with Crippen molar-refractivity contribution < 1.29 is 41.8 Å². The molecule has 17 heteroatoms. The van der Waals surface area contributed by atoms with Crippen molar-refractivity contribution in [2.24, 2.45) is 13.0 Å². The number of ether oxygens (including phenoxy) is 3. The molecule has 4 aliphatic heterocycles. The van der Waals surface area contributed by atoms with Crippen molar-refractivity contribution in [1.82, 2.24) is 24.9 Å². The lowest BCUT2D eigenvalue weighted by Gasteiger charge is -2.38. The molecular formula is C50H57N7O9S. The molecular weight excluding hydrogens is 875 g/mol. The lowest BCUT2D eigenvalue weighted by molar-refractivity contribution is -0.134. The van der Waals surface area contributed by atoms with Gasteiger partial charge in [-0.25, -0.2) is 8.42 Å². The van der Waals surface area contributed by atoms with Crippen LogP contribution >= 0.6 is 0 Å². The van der Waals surface area contributed by atoms with Crippen LogP contribution in [0.3, 0.4) is 0 Å². The first-order chi connectivity index (χ1) is 32.3. The topological polar surface area (TPSA) is 173 Å². The van der Waals surface area contributed by atoms with E-state index in [9.17, 15) is 27.6 Å². The highest BCUT2D eigenvalue weighted by molar-refractivity contribution is 7.90. The van der Waals surface area contributed by atoms with Crippen LogP contribution in [0, 0.1) is 5.92 Å². The molecule has 4 aliphatic rings. The number of aryl methyl sites for hydroxylation is 1. The summed E-state index contributed by atoms with van der Waals surface area (Å²) in [5.41, 5.74) is 4.46. The number of rotatable bonds is 15. The van der Waals surface area contributed by atoms with Gasteiger partial charge in [-0.3, -0.25) is 39.0 Å². The highest BCUT2D eigenvalue weighted by atomic mass is 32.2. The molecule has 3 fully saturated rings. The van der Waals surface area contributed by atoms with Gasteiger partial charge in [-0.1, -0.05) is 12.1 Å². The van der Waals surface area contributed by atoms with E-state index in [2.05, 4.69) is 37.2 Å². The summed E-state index contributed by atoms with van der Waals surface area (Å²) in [7, 11) is -0.267. The lowest BCUT2D eigenvalue weighted by atomic mass is 9.92. The molecule has 4 amide bonds. The van der Waals surface area contributed by atoms with Gasteiger partial charge in [-0.15, -0.1) is 0 Å². The molecule has 5 aromatic rings. The first-order valence-corrected chi connectivity index (χ1v) is 25.1. The summed E-state index contributed by atoms with van der Waals surface area (Å²) in [5, 5.41) is 7.94. The first-order valence-electron chi connectivity index (χ1n) is 23.1. The SMILES string of the molecule is CCOc1cc([C@@H](CS(C)(=O)=O)N2C(=O)c3cccc(N4CCC(CCN5CCN(c6ccc(Oc7ccc8c([C@H]9CCC(=O)NC9=O)nn(C)c8c7)cc6)CC5)CC4)c3C2=O)ccc1OC. The highest BCUT2D eigenvalue weighted by Crippen LogP contribution is 2.41. The number of anilines is 2. The molecule has 1 aromatic heterocycles. The zero-order valence-corrected chi connectivity index (χ0v) is 39.2. The van der Waals surface area contributed by atoms with Crippen molar-refractivity contribution in [2.75, 3.05) is 81.3 Å². The third kappa shape index (κ3) is 9.57. The van der Waals surface area contributed by atoms with Crippen molar-refractivity contribution in [3.05, 3.63) is 101 Å². The summed E-state index contributed by atoms with van der Waals surface area (Å²) in [6, 6.07) is 23.2. The Morgan fingerprint density at radius 1 is 0.821 bits per heavy atom. The van der Waals surface area contributed by atoms with Gasteiger partial charge in [0.15, 0.2) is 11.5 Å². The monoisotopic (exact) mass is 931 g/mol. The number of imide groups is 2. The predicted molar refractivity (Wildman–Crippen MR) is 254 cm³/mol. The smallest absolute Gasteiger partial charge is 0.264 e. The van der Waals surface area contributed by atoms with E-state index in [1.54, 1.807) is 35.0 Å². The number of amides is 4. The number of hydrogen-bond acceptors (Lipinski definition) is 13.